The summed E-state index contributed by atoms with van der Waals surface area (Å²) in [7, 11) is 2.17. The van der Waals surface area contributed by atoms with Gasteiger partial charge in [-0.25, -0.2) is 4.98 Å². The molecule has 236 valence electrons. The molecule has 5 aliphatic rings. The predicted molar refractivity (Wildman–Crippen MR) is 169 cm³/mol. The number of nitrogen functional groups attached to an aromatic ring is 1. The summed E-state index contributed by atoms with van der Waals surface area (Å²) in [5.41, 5.74) is 10.9. The number of ether oxygens (including phenoxy) is 2. The van der Waals surface area contributed by atoms with Crippen molar-refractivity contribution in [3.8, 4) is 23.5 Å². The third kappa shape index (κ3) is 4.68. The van der Waals surface area contributed by atoms with Crippen LogP contribution in [0, 0.1) is 11.3 Å². The summed E-state index contributed by atoms with van der Waals surface area (Å²) in [5, 5.41) is 18.5. The van der Waals surface area contributed by atoms with E-state index in [0.29, 0.717) is 47.9 Å². The maximum absolute atomic E-state index is 10.2. The minimum atomic E-state index is -0.430. The molecule has 2 spiro atoms. The minimum Gasteiger partial charge on any atom is -0.473 e. The average molecular weight is 611 g/mol. The number of fused-ring (bicyclic) bond motifs is 4. The van der Waals surface area contributed by atoms with Gasteiger partial charge in [0.2, 0.25) is 5.88 Å². The van der Waals surface area contributed by atoms with E-state index in [1.54, 1.807) is 0 Å². The highest BCUT2D eigenvalue weighted by Crippen LogP contribution is 2.53. The van der Waals surface area contributed by atoms with Crippen LogP contribution < -0.4 is 20.7 Å². The van der Waals surface area contributed by atoms with Crippen molar-refractivity contribution in [2.24, 2.45) is 0 Å². The van der Waals surface area contributed by atoms with Crippen molar-refractivity contribution >= 4 is 11.5 Å². The molecule has 0 saturated carbocycles. The molecule has 0 amide bonds. The van der Waals surface area contributed by atoms with Gasteiger partial charge in [0.25, 0.3) is 0 Å². The zero-order valence-corrected chi connectivity index (χ0v) is 26.3. The lowest BCUT2D eigenvalue weighted by atomic mass is 9.61. The first kappa shape index (κ1) is 28.7. The second-order valence-electron chi connectivity index (χ2n) is 13.8. The van der Waals surface area contributed by atoms with Crippen LogP contribution in [0.4, 0.5) is 11.5 Å². The molecule has 3 N–H and O–H groups in total. The summed E-state index contributed by atoms with van der Waals surface area (Å²) in [5.74, 6) is 2.76. The van der Waals surface area contributed by atoms with Crippen molar-refractivity contribution in [1.29, 1.82) is 5.26 Å². The van der Waals surface area contributed by atoms with Gasteiger partial charge in [0.15, 0.2) is 17.3 Å². The fraction of sp³-hybridized carbons (Fsp3) is 0.588. The summed E-state index contributed by atoms with van der Waals surface area (Å²) < 4.78 is 18.5. The smallest absolute Gasteiger partial charge is 0.219 e. The number of nitrogens with one attached hydrogen (secondary N) is 1. The number of hydrogen-bond acceptors (Lipinski definition) is 11. The summed E-state index contributed by atoms with van der Waals surface area (Å²) >= 11 is 0. The Morgan fingerprint density at radius 1 is 1.16 bits per heavy atom. The SMILES string of the molecule is CC(Oc1cc(N2CCNC3(COC3)C2)nc(-c2noc3c2CCCC32CCCc3ccc(N)c(C#N)c32)n1)C1CCCN1C. The molecule has 3 aliphatic heterocycles. The number of anilines is 2. The molecular weight excluding hydrogens is 568 g/mol. The largest absolute Gasteiger partial charge is 0.473 e. The second-order valence-corrected chi connectivity index (χ2v) is 13.8. The molecule has 2 aromatic heterocycles. The maximum Gasteiger partial charge on any atom is 0.219 e. The van der Waals surface area contributed by atoms with Gasteiger partial charge in [-0.05, 0) is 89.1 Å². The topological polar surface area (TPSA) is 139 Å². The molecule has 5 heterocycles. The van der Waals surface area contributed by atoms with E-state index >= 15 is 0 Å². The van der Waals surface area contributed by atoms with Crippen LogP contribution in [0.25, 0.3) is 11.5 Å². The number of aromatic nitrogens is 3. The number of rotatable bonds is 5. The molecule has 0 bridgehead atoms. The van der Waals surface area contributed by atoms with E-state index in [-0.39, 0.29) is 11.6 Å². The number of benzene rings is 1. The minimum absolute atomic E-state index is 0.0226. The van der Waals surface area contributed by atoms with E-state index in [1.165, 1.54) is 12.0 Å². The molecule has 11 nitrogen and oxygen atoms in total. The monoisotopic (exact) mass is 610 g/mol. The van der Waals surface area contributed by atoms with Gasteiger partial charge >= 0.3 is 0 Å². The first-order valence-corrected chi connectivity index (χ1v) is 16.5. The normalized spacial score (nSPS) is 26.2. The van der Waals surface area contributed by atoms with E-state index < -0.39 is 5.41 Å². The van der Waals surface area contributed by atoms with Gasteiger partial charge in [-0.3, -0.25) is 4.90 Å². The van der Waals surface area contributed by atoms with Crippen LogP contribution >= 0.6 is 0 Å². The molecule has 8 rings (SSSR count). The summed E-state index contributed by atoms with van der Waals surface area (Å²) in [6.07, 6.45) is 7.77. The van der Waals surface area contributed by atoms with E-state index in [4.69, 9.17) is 34.9 Å². The predicted octanol–water partition coefficient (Wildman–Crippen LogP) is 3.58. The molecule has 1 aromatic carbocycles. The third-order valence-electron chi connectivity index (χ3n) is 11.0. The van der Waals surface area contributed by atoms with E-state index in [1.807, 2.05) is 12.1 Å². The lowest BCUT2D eigenvalue weighted by Gasteiger charge is -2.49. The summed E-state index contributed by atoms with van der Waals surface area (Å²) in [6, 6.07) is 8.71. The fourth-order valence-electron chi connectivity index (χ4n) is 8.73. The van der Waals surface area contributed by atoms with E-state index in [0.717, 1.165) is 93.8 Å². The lowest BCUT2D eigenvalue weighted by Crippen LogP contribution is -2.70. The first-order valence-electron chi connectivity index (χ1n) is 16.5. The number of likely N-dealkylation sites (N-methyl/N-ethyl adjacent to an activating group) is 1. The lowest BCUT2D eigenvalue weighted by molar-refractivity contribution is -0.0743. The Balaban J connectivity index is 1.21. The number of likely N-dealkylation sites (tertiary alicyclic amines) is 1. The molecule has 2 aliphatic carbocycles. The quantitative estimate of drug-likeness (QED) is 0.410. The van der Waals surface area contributed by atoms with Gasteiger partial charge in [0, 0.05) is 43.0 Å². The van der Waals surface area contributed by atoms with Crippen LogP contribution in [-0.4, -0.2) is 84.1 Å². The Labute approximate surface area is 264 Å². The number of piperazine rings is 1. The van der Waals surface area contributed by atoms with Crippen LogP contribution in [0.3, 0.4) is 0 Å². The standard InChI is InChI=1S/C34H42N8O3/c1-21(26-8-5-14-41(26)2)44-28-16-27(42-15-13-37-33(18-42)19-43-20-33)38-32(39-28)30-23-7-4-12-34(31(23)45-40-30)11-3-6-22-9-10-25(36)24(17-35)29(22)34/h9-10,16,21,26,37H,3-8,11-15,18-20,36H2,1-2H3. The van der Waals surface area contributed by atoms with Crippen molar-refractivity contribution in [3.63, 3.8) is 0 Å². The molecule has 45 heavy (non-hydrogen) atoms. The molecule has 3 unspecified atom stereocenters. The molecule has 0 radical (unpaired) electrons. The Morgan fingerprint density at radius 2 is 2.00 bits per heavy atom. The fourth-order valence-corrected chi connectivity index (χ4v) is 8.73. The van der Waals surface area contributed by atoms with Crippen molar-refractivity contribution < 1.29 is 14.0 Å². The van der Waals surface area contributed by atoms with Gasteiger partial charge in [0.05, 0.1) is 29.7 Å². The van der Waals surface area contributed by atoms with Gasteiger partial charge in [-0.15, -0.1) is 0 Å². The van der Waals surface area contributed by atoms with E-state index in [2.05, 4.69) is 41.2 Å². The number of nitrogens with zero attached hydrogens (tertiary/aromatic N) is 6. The molecule has 3 saturated heterocycles. The van der Waals surface area contributed by atoms with Gasteiger partial charge in [0.1, 0.15) is 18.0 Å². The molecule has 11 heteroatoms. The Bertz CT molecular complexity index is 1660. The molecule has 3 aromatic rings. The number of nitrogens with two attached hydrogens (primary N) is 1. The maximum atomic E-state index is 10.2. The number of hydrogen-bond donors (Lipinski definition) is 2. The van der Waals surface area contributed by atoms with Crippen LogP contribution in [0.1, 0.15) is 73.5 Å². The van der Waals surface area contributed by atoms with Crippen molar-refractivity contribution in [1.82, 2.24) is 25.3 Å². The summed E-state index contributed by atoms with van der Waals surface area (Å²) in [6.45, 7) is 7.11. The first-order chi connectivity index (χ1) is 21.9. The molecule has 3 atom stereocenters. The van der Waals surface area contributed by atoms with E-state index in [9.17, 15) is 5.26 Å². The molecule has 3 fully saturated rings. The Hall–Kier alpha value is -3.72. The zero-order valence-electron chi connectivity index (χ0n) is 26.3. The van der Waals surface area contributed by atoms with Crippen molar-refractivity contribution in [2.75, 3.05) is 57.1 Å². The van der Waals surface area contributed by atoms with Gasteiger partial charge in [-0.2, -0.15) is 10.2 Å². The van der Waals surface area contributed by atoms with Crippen LogP contribution in [0.5, 0.6) is 5.88 Å². The van der Waals surface area contributed by atoms with Gasteiger partial charge < -0.3 is 29.9 Å². The van der Waals surface area contributed by atoms with Crippen LogP contribution in [0.2, 0.25) is 0 Å². The number of aryl methyl sites for hydroxylation is 1. The average Bonchev–Trinajstić information content (AvgIpc) is 3.68. The summed E-state index contributed by atoms with van der Waals surface area (Å²) in [4.78, 5) is 14.8. The Morgan fingerprint density at radius 3 is 2.76 bits per heavy atom. The third-order valence-corrected chi connectivity index (χ3v) is 11.0. The number of nitriles is 1. The van der Waals surface area contributed by atoms with Crippen LogP contribution in [-0.2, 0) is 23.0 Å². The highest BCUT2D eigenvalue weighted by Gasteiger charge is 2.48. The highest BCUT2D eigenvalue weighted by atomic mass is 16.5. The zero-order chi connectivity index (χ0) is 30.8. The van der Waals surface area contributed by atoms with Crippen molar-refractivity contribution in [2.45, 2.75) is 81.4 Å². The molecular formula is C34H42N8O3. The van der Waals surface area contributed by atoms with Crippen molar-refractivity contribution in [3.05, 3.63) is 46.2 Å². The Kier molecular flexibility index (Phi) is 7.00. The van der Waals surface area contributed by atoms with Crippen LogP contribution in [0.15, 0.2) is 22.7 Å². The van der Waals surface area contributed by atoms with Gasteiger partial charge in [-0.1, -0.05) is 11.2 Å². The second kappa shape index (κ2) is 11.0. The highest BCUT2D eigenvalue weighted by molar-refractivity contribution is 5.67.